The SMILES string of the molecule is COC(=O)[C@@H](C)N1CCc2ccccc2C1. The lowest BCUT2D eigenvalue weighted by atomic mass is 9.99. The molecule has 1 aromatic rings. The van der Waals surface area contributed by atoms with Gasteiger partial charge in [0.05, 0.1) is 7.11 Å². The van der Waals surface area contributed by atoms with E-state index in [0.717, 1.165) is 19.5 Å². The lowest BCUT2D eigenvalue weighted by molar-refractivity contribution is -0.146. The van der Waals surface area contributed by atoms with Crippen molar-refractivity contribution in [2.45, 2.75) is 25.9 Å². The van der Waals surface area contributed by atoms with Crippen molar-refractivity contribution in [3.8, 4) is 0 Å². The summed E-state index contributed by atoms with van der Waals surface area (Å²) in [5.74, 6) is -0.153. The van der Waals surface area contributed by atoms with E-state index in [4.69, 9.17) is 4.74 Å². The lowest BCUT2D eigenvalue weighted by Crippen LogP contribution is -2.42. The number of carbonyl (C=O) groups is 1. The maximum atomic E-state index is 11.5. The highest BCUT2D eigenvalue weighted by molar-refractivity contribution is 5.75. The minimum atomic E-state index is -0.154. The fraction of sp³-hybridized carbons (Fsp3) is 0.462. The minimum Gasteiger partial charge on any atom is -0.468 e. The quantitative estimate of drug-likeness (QED) is 0.708. The Morgan fingerprint density at radius 3 is 2.75 bits per heavy atom. The summed E-state index contributed by atoms with van der Waals surface area (Å²) in [5, 5.41) is 0. The number of hydrogen-bond donors (Lipinski definition) is 0. The summed E-state index contributed by atoms with van der Waals surface area (Å²) in [4.78, 5) is 13.6. The molecule has 1 aliphatic rings. The minimum absolute atomic E-state index is 0.153. The van der Waals surface area contributed by atoms with Crippen LogP contribution in [0.2, 0.25) is 0 Å². The van der Waals surface area contributed by atoms with Crippen LogP contribution < -0.4 is 0 Å². The predicted molar refractivity (Wildman–Crippen MR) is 62.0 cm³/mol. The molecule has 0 saturated carbocycles. The van der Waals surface area contributed by atoms with E-state index in [1.54, 1.807) is 0 Å². The highest BCUT2D eigenvalue weighted by atomic mass is 16.5. The number of ether oxygens (including phenoxy) is 1. The first-order valence-corrected chi connectivity index (χ1v) is 5.61. The van der Waals surface area contributed by atoms with Gasteiger partial charge in [-0.05, 0) is 24.5 Å². The van der Waals surface area contributed by atoms with Crippen LogP contribution in [0.5, 0.6) is 0 Å². The third kappa shape index (κ3) is 2.09. The fourth-order valence-electron chi connectivity index (χ4n) is 2.17. The van der Waals surface area contributed by atoms with E-state index < -0.39 is 0 Å². The van der Waals surface area contributed by atoms with Gasteiger partial charge >= 0.3 is 5.97 Å². The van der Waals surface area contributed by atoms with Crippen molar-refractivity contribution in [2.24, 2.45) is 0 Å². The van der Waals surface area contributed by atoms with Crippen molar-refractivity contribution < 1.29 is 9.53 Å². The van der Waals surface area contributed by atoms with Crippen molar-refractivity contribution in [3.05, 3.63) is 35.4 Å². The first-order valence-electron chi connectivity index (χ1n) is 5.61. The topological polar surface area (TPSA) is 29.5 Å². The zero-order valence-corrected chi connectivity index (χ0v) is 9.77. The van der Waals surface area contributed by atoms with Crippen LogP contribution in [0.15, 0.2) is 24.3 Å². The van der Waals surface area contributed by atoms with Crippen LogP contribution in [0.25, 0.3) is 0 Å². The van der Waals surface area contributed by atoms with Crippen molar-refractivity contribution in [1.29, 1.82) is 0 Å². The monoisotopic (exact) mass is 219 g/mol. The van der Waals surface area contributed by atoms with Gasteiger partial charge in [-0.3, -0.25) is 9.69 Å². The van der Waals surface area contributed by atoms with Gasteiger partial charge < -0.3 is 4.74 Å². The van der Waals surface area contributed by atoms with Gasteiger partial charge in [0.1, 0.15) is 6.04 Å². The van der Waals surface area contributed by atoms with Crippen molar-refractivity contribution >= 4 is 5.97 Å². The number of fused-ring (bicyclic) bond motifs is 1. The Labute approximate surface area is 96.0 Å². The van der Waals surface area contributed by atoms with Crippen LogP contribution >= 0.6 is 0 Å². The second-order valence-corrected chi connectivity index (χ2v) is 4.19. The van der Waals surface area contributed by atoms with Gasteiger partial charge in [0.15, 0.2) is 0 Å². The number of hydrogen-bond acceptors (Lipinski definition) is 3. The lowest BCUT2D eigenvalue weighted by Gasteiger charge is -2.32. The summed E-state index contributed by atoms with van der Waals surface area (Å²) in [7, 11) is 1.44. The molecule has 2 rings (SSSR count). The second kappa shape index (κ2) is 4.66. The summed E-state index contributed by atoms with van der Waals surface area (Å²) < 4.78 is 4.77. The summed E-state index contributed by atoms with van der Waals surface area (Å²) >= 11 is 0. The van der Waals surface area contributed by atoms with Crippen LogP contribution in [0.4, 0.5) is 0 Å². The standard InChI is InChI=1S/C13H17NO2/c1-10(13(15)16-2)14-8-7-11-5-3-4-6-12(11)9-14/h3-6,10H,7-9H2,1-2H3/t10-/m1/s1. The molecular formula is C13H17NO2. The number of rotatable bonds is 2. The van der Waals surface area contributed by atoms with E-state index in [9.17, 15) is 4.79 Å². The van der Waals surface area contributed by atoms with Gasteiger partial charge in [-0.1, -0.05) is 24.3 Å². The van der Waals surface area contributed by atoms with Crippen LogP contribution in [-0.2, 0) is 22.5 Å². The normalized spacial score (nSPS) is 17.6. The van der Waals surface area contributed by atoms with E-state index in [-0.39, 0.29) is 12.0 Å². The van der Waals surface area contributed by atoms with E-state index >= 15 is 0 Å². The fourth-order valence-corrected chi connectivity index (χ4v) is 2.17. The van der Waals surface area contributed by atoms with E-state index in [0.29, 0.717) is 0 Å². The molecule has 86 valence electrons. The summed E-state index contributed by atoms with van der Waals surface area (Å²) in [5.41, 5.74) is 2.72. The average Bonchev–Trinajstić information content (AvgIpc) is 2.36. The molecule has 1 aliphatic heterocycles. The molecule has 16 heavy (non-hydrogen) atoms. The third-order valence-corrected chi connectivity index (χ3v) is 3.25. The van der Waals surface area contributed by atoms with Crippen LogP contribution in [-0.4, -0.2) is 30.6 Å². The van der Waals surface area contributed by atoms with Gasteiger partial charge in [-0.25, -0.2) is 0 Å². The van der Waals surface area contributed by atoms with E-state index in [2.05, 4.69) is 23.1 Å². The Morgan fingerprint density at radius 1 is 1.38 bits per heavy atom. The Morgan fingerprint density at radius 2 is 2.06 bits per heavy atom. The molecular weight excluding hydrogens is 202 g/mol. The van der Waals surface area contributed by atoms with Crippen molar-refractivity contribution in [3.63, 3.8) is 0 Å². The van der Waals surface area contributed by atoms with Crippen molar-refractivity contribution in [2.75, 3.05) is 13.7 Å². The largest absolute Gasteiger partial charge is 0.468 e. The molecule has 0 bridgehead atoms. The molecule has 0 saturated heterocycles. The molecule has 0 radical (unpaired) electrons. The molecule has 1 heterocycles. The highest BCUT2D eigenvalue weighted by Crippen LogP contribution is 2.20. The number of methoxy groups -OCH3 is 1. The molecule has 0 amide bonds. The summed E-state index contributed by atoms with van der Waals surface area (Å²) in [6, 6.07) is 8.25. The van der Waals surface area contributed by atoms with Gasteiger partial charge in [0.2, 0.25) is 0 Å². The average molecular weight is 219 g/mol. The zero-order valence-electron chi connectivity index (χ0n) is 9.77. The van der Waals surface area contributed by atoms with Gasteiger partial charge in [0.25, 0.3) is 0 Å². The Bertz CT molecular complexity index is 389. The second-order valence-electron chi connectivity index (χ2n) is 4.19. The first-order chi connectivity index (χ1) is 7.72. The Hall–Kier alpha value is -1.35. The zero-order chi connectivity index (χ0) is 11.5. The summed E-state index contributed by atoms with van der Waals surface area (Å²) in [6.45, 7) is 3.67. The Balaban J connectivity index is 2.10. The molecule has 3 nitrogen and oxygen atoms in total. The highest BCUT2D eigenvalue weighted by Gasteiger charge is 2.25. The molecule has 0 aromatic heterocycles. The van der Waals surface area contributed by atoms with E-state index in [1.807, 2.05) is 13.0 Å². The third-order valence-electron chi connectivity index (χ3n) is 3.25. The molecule has 0 fully saturated rings. The van der Waals surface area contributed by atoms with Crippen LogP contribution in [0.1, 0.15) is 18.1 Å². The number of carbonyl (C=O) groups excluding carboxylic acids is 1. The molecule has 3 heteroatoms. The van der Waals surface area contributed by atoms with Gasteiger partial charge in [0, 0.05) is 13.1 Å². The first kappa shape index (κ1) is 11.1. The van der Waals surface area contributed by atoms with E-state index in [1.165, 1.54) is 18.2 Å². The molecule has 0 aliphatic carbocycles. The molecule has 0 spiro atoms. The van der Waals surface area contributed by atoms with Crippen LogP contribution in [0.3, 0.4) is 0 Å². The Kier molecular flexibility index (Phi) is 3.25. The smallest absolute Gasteiger partial charge is 0.322 e. The molecule has 0 unspecified atom stereocenters. The number of benzene rings is 1. The molecule has 1 aromatic carbocycles. The molecule has 1 atom stereocenters. The van der Waals surface area contributed by atoms with Crippen LogP contribution in [0, 0.1) is 0 Å². The summed E-state index contributed by atoms with van der Waals surface area (Å²) in [6.07, 6.45) is 1.01. The van der Waals surface area contributed by atoms with Crippen molar-refractivity contribution in [1.82, 2.24) is 4.90 Å². The predicted octanol–water partition coefficient (Wildman–Crippen LogP) is 1.61. The van der Waals surface area contributed by atoms with Gasteiger partial charge in [-0.2, -0.15) is 0 Å². The molecule has 0 N–H and O–H groups in total. The number of nitrogens with zero attached hydrogens (tertiary/aromatic N) is 1. The van der Waals surface area contributed by atoms with Gasteiger partial charge in [-0.15, -0.1) is 0 Å². The maximum absolute atomic E-state index is 11.5. The number of esters is 1. The maximum Gasteiger partial charge on any atom is 0.322 e.